The van der Waals surface area contributed by atoms with E-state index in [1.54, 1.807) is 0 Å². The van der Waals surface area contributed by atoms with E-state index in [2.05, 4.69) is 25.7 Å². The Labute approximate surface area is 103 Å². The molecule has 0 radical (unpaired) electrons. The Morgan fingerprint density at radius 2 is 2.27 bits per heavy atom. The standard InChI is InChI=1S/C9H11BrN2O2.ClH/c1-5-6(9(13)14-2)4-12-7(3-11)8(5)10;/h4H,3,11H2,1-2H3;1H. The van der Waals surface area contributed by atoms with Crippen molar-refractivity contribution in [2.24, 2.45) is 5.73 Å². The van der Waals surface area contributed by atoms with Gasteiger partial charge in [-0.1, -0.05) is 0 Å². The van der Waals surface area contributed by atoms with E-state index >= 15 is 0 Å². The lowest BCUT2D eigenvalue weighted by Crippen LogP contribution is -2.09. The van der Waals surface area contributed by atoms with Crippen molar-refractivity contribution in [2.75, 3.05) is 7.11 Å². The molecule has 0 fully saturated rings. The van der Waals surface area contributed by atoms with Gasteiger partial charge in [-0.25, -0.2) is 4.79 Å². The van der Waals surface area contributed by atoms with Crippen molar-refractivity contribution in [1.82, 2.24) is 4.98 Å². The third kappa shape index (κ3) is 2.90. The van der Waals surface area contributed by atoms with Crippen LogP contribution in [0.25, 0.3) is 0 Å². The number of rotatable bonds is 2. The molecule has 0 saturated carbocycles. The molecule has 0 aliphatic carbocycles. The minimum absolute atomic E-state index is 0. The van der Waals surface area contributed by atoms with Crippen LogP contribution in [-0.2, 0) is 11.3 Å². The van der Waals surface area contributed by atoms with Gasteiger partial charge in [-0.15, -0.1) is 12.4 Å². The first-order valence-corrected chi connectivity index (χ1v) is 4.83. The molecule has 0 atom stereocenters. The smallest absolute Gasteiger partial charge is 0.339 e. The van der Waals surface area contributed by atoms with Crippen LogP contribution in [0.2, 0.25) is 0 Å². The molecule has 6 heteroatoms. The Bertz CT molecular complexity index is 371. The number of hydrogen-bond donors (Lipinski definition) is 1. The molecule has 0 amide bonds. The zero-order valence-corrected chi connectivity index (χ0v) is 10.8. The van der Waals surface area contributed by atoms with Crippen LogP contribution < -0.4 is 5.73 Å². The first-order valence-electron chi connectivity index (χ1n) is 4.04. The van der Waals surface area contributed by atoms with Gasteiger partial charge >= 0.3 is 5.97 Å². The van der Waals surface area contributed by atoms with E-state index in [4.69, 9.17) is 5.73 Å². The summed E-state index contributed by atoms with van der Waals surface area (Å²) in [7, 11) is 1.34. The van der Waals surface area contributed by atoms with Crippen molar-refractivity contribution in [3.05, 3.63) is 27.5 Å². The zero-order chi connectivity index (χ0) is 10.7. The molecule has 0 spiro atoms. The predicted molar refractivity (Wildman–Crippen MR) is 63.2 cm³/mol. The highest BCUT2D eigenvalue weighted by Crippen LogP contribution is 2.22. The second-order valence-electron chi connectivity index (χ2n) is 2.75. The summed E-state index contributed by atoms with van der Waals surface area (Å²) in [5.41, 5.74) is 7.45. The lowest BCUT2D eigenvalue weighted by Gasteiger charge is -2.08. The quantitative estimate of drug-likeness (QED) is 0.845. The fourth-order valence-electron chi connectivity index (χ4n) is 1.09. The summed E-state index contributed by atoms with van der Waals surface area (Å²) in [6, 6.07) is 0. The zero-order valence-electron chi connectivity index (χ0n) is 8.41. The molecule has 1 aromatic heterocycles. The van der Waals surface area contributed by atoms with E-state index in [9.17, 15) is 4.79 Å². The topological polar surface area (TPSA) is 65.2 Å². The lowest BCUT2D eigenvalue weighted by molar-refractivity contribution is 0.0599. The molecular weight excluding hydrogens is 283 g/mol. The minimum atomic E-state index is -0.390. The van der Waals surface area contributed by atoms with Crippen LogP contribution in [0.5, 0.6) is 0 Å². The van der Waals surface area contributed by atoms with Gasteiger partial charge in [0.25, 0.3) is 0 Å². The molecule has 0 aliphatic rings. The van der Waals surface area contributed by atoms with Crippen LogP contribution in [0, 0.1) is 6.92 Å². The van der Waals surface area contributed by atoms with Crippen molar-refractivity contribution in [3.63, 3.8) is 0 Å². The molecule has 0 unspecified atom stereocenters. The van der Waals surface area contributed by atoms with Gasteiger partial charge in [-0.3, -0.25) is 4.98 Å². The Morgan fingerprint density at radius 1 is 1.67 bits per heavy atom. The van der Waals surface area contributed by atoms with Crippen LogP contribution in [0.1, 0.15) is 21.6 Å². The molecule has 2 N–H and O–H groups in total. The fraction of sp³-hybridized carbons (Fsp3) is 0.333. The second-order valence-corrected chi connectivity index (χ2v) is 3.55. The van der Waals surface area contributed by atoms with Crippen LogP contribution in [0.3, 0.4) is 0 Å². The first-order chi connectivity index (χ1) is 6.61. The SMILES string of the molecule is COC(=O)c1cnc(CN)c(Br)c1C.Cl. The molecule has 0 bridgehead atoms. The van der Waals surface area contributed by atoms with E-state index in [-0.39, 0.29) is 18.4 Å². The Balaban J connectivity index is 0.00000196. The van der Waals surface area contributed by atoms with Crippen LogP contribution in [0.4, 0.5) is 0 Å². The highest BCUT2D eigenvalue weighted by atomic mass is 79.9. The Morgan fingerprint density at radius 3 is 2.73 bits per heavy atom. The second kappa shape index (κ2) is 6.05. The largest absolute Gasteiger partial charge is 0.465 e. The number of esters is 1. The maximum Gasteiger partial charge on any atom is 0.339 e. The molecule has 1 aromatic rings. The lowest BCUT2D eigenvalue weighted by atomic mass is 10.1. The van der Waals surface area contributed by atoms with Crippen LogP contribution >= 0.6 is 28.3 Å². The molecule has 0 aliphatic heterocycles. The van der Waals surface area contributed by atoms with Gasteiger partial charge in [0.2, 0.25) is 0 Å². The number of methoxy groups -OCH3 is 1. The third-order valence-corrected chi connectivity index (χ3v) is 2.99. The Kier molecular flexibility index (Phi) is 5.79. The number of carbonyl (C=O) groups excluding carboxylic acids is 1. The van der Waals surface area contributed by atoms with Gasteiger partial charge in [0.15, 0.2) is 0 Å². The monoisotopic (exact) mass is 294 g/mol. The molecule has 0 saturated heterocycles. The number of nitrogens with two attached hydrogens (primary N) is 1. The highest BCUT2D eigenvalue weighted by molar-refractivity contribution is 9.10. The molecule has 15 heavy (non-hydrogen) atoms. The summed E-state index contributed by atoms with van der Waals surface area (Å²) in [5.74, 6) is -0.390. The van der Waals surface area contributed by atoms with E-state index in [1.807, 2.05) is 6.92 Å². The fourth-order valence-corrected chi connectivity index (χ4v) is 1.57. The van der Waals surface area contributed by atoms with Gasteiger partial charge in [0, 0.05) is 17.2 Å². The van der Waals surface area contributed by atoms with Crippen molar-refractivity contribution in [1.29, 1.82) is 0 Å². The average Bonchev–Trinajstić information content (AvgIpc) is 2.21. The van der Waals surface area contributed by atoms with E-state index in [0.717, 1.165) is 15.7 Å². The van der Waals surface area contributed by atoms with Crippen LogP contribution in [0.15, 0.2) is 10.7 Å². The molecule has 0 aromatic carbocycles. The van der Waals surface area contributed by atoms with Crippen molar-refractivity contribution >= 4 is 34.3 Å². The van der Waals surface area contributed by atoms with Gasteiger partial charge in [0.05, 0.1) is 18.4 Å². The van der Waals surface area contributed by atoms with Gasteiger partial charge < -0.3 is 10.5 Å². The van der Waals surface area contributed by atoms with Gasteiger partial charge in [0.1, 0.15) is 0 Å². The van der Waals surface area contributed by atoms with E-state index in [0.29, 0.717) is 12.1 Å². The van der Waals surface area contributed by atoms with Gasteiger partial charge in [-0.2, -0.15) is 0 Å². The molecule has 1 rings (SSSR count). The average molecular weight is 296 g/mol. The minimum Gasteiger partial charge on any atom is -0.465 e. The first kappa shape index (κ1) is 14.3. The molecular formula is C9H12BrClN2O2. The van der Waals surface area contributed by atoms with Crippen LogP contribution in [-0.4, -0.2) is 18.1 Å². The van der Waals surface area contributed by atoms with E-state index < -0.39 is 0 Å². The third-order valence-electron chi connectivity index (χ3n) is 1.93. The number of hydrogen-bond acceptors (Lipinski definition) is 4. The van der Waals surface area contributed by atoms with Crippen molar-refractivity contribution < 1.29 is 9.53 Å². The summed E-state index contributed by atoms with van der Waals surface area (Å²) in [6.45, 7) is 2.15. The predicted octanol–water partition coefficient (Wildman–Crippen LogP) is 1.82. The summed E-state index contributed by atoms with van der Waals surface area (Å²) >= 11 is 3.34. The van der Waals surface area contributed by atoms with Crippen molar-refractivity contribution in [3.8, 4) is 0 Å². The molecule has 84 valence electrons. The molecule has 1 heterocycles. The number of nitrogens with zero attached hydrogens (tertiary/aromatic N) is 1. The van der Waals surface area contributed by atoms with E-state index in [1.165, 1.54) is 13.3 Å². The number of pyridine rings is 1. The summed E-state index contributed by atoms with van der Waals surface area (Å²) in [6.07, 6.45) is 1.48. The summed E-state index contributed by atoms with van der Waals surface area (Å²) in [5, 5.41) is 0. The summed E-state index contributed by atoms with van der Waals surface area (Å²) < 4.78 is 5.38. The van der Waals surface area contributed by atoms with Gasteiger partial charge in [-0.05, 0) is 28.4 Å². The Hall–Kier alpha value is -0.650. The highest BCUT2D eigenvalue weighted by Gasteiger charge is 2.14. The summed E-state index contributed by atoms with van der Waals surface area (Å²) in [4.78, 5) is 15.3. The maximum atomic E-state index is 11.3. The molecule has 4 nitrogen and oxygen atoms in total. The maximum absolute atomic E-state index is 11.3. The normalized spacial score (nSPS) is 9.33. The number of carbonyl (C=O) groups is 1. The number of ether oxygens (including phenoxy) is 1. The number of aromatic nitrogens is 1. The number of halogens is 2. The van der Waals surface area contributed by atoms with Crippen molar-refractivity contribution in [2.45, 2.75) is 13.5 Å².